The molecule has 2 aromatic carbocycles. The van der Waals surface area contributed by atoms with E-state index < -0.39 is 23.4 Å². The summed E-state index contributed by atoms with van der Waals surface area (Å²) in [5, 5.41) is 15.7. The van der Waals surface area contributed by atoms with Gasteiger partial charge < -0.3 is 20.5 Å². The molecule has 3 fully saturated rings. The first kappa shape index (κ1) is 25.9. The van der Waals surface area contributed by atoms with Gasteiger partial charge in [-0.1, -0.05) is 11.6 Å². The molecule has 5 nitrogen and oxygen atoms in total. The molecule has 3 aliphatic rings. The standard InChI is InChI=1S/C26H28ClF3N2O3S/c1-13(11-33)31-4-5-35-12-15-7-17-24(18-10-26(15,17)18)36-22-6-14(2-3-19(22)27)25(34)32-16-8-20(28)23(30)21(29)9-16/h2-3,6,8-9,13,15,17-18,24,31,33H,4-5,7,10-12H2,1H3,(H,32,34). The second-order valence-electron chi connectivity index (χ2n) is 10.0. The Morgan fingerprint density at radius 2 is 2.00 bits per heavy atom. The maximum atomic E-state index is 13.5. The van der Waals surface area contributed by atoms with Crippen molar-refractivity contribution in [3.63, 3.8) is 0 Å². The maximum Gasteiger partial charge on any atom is 0.255 e. The molecule has 6 atom stereocenters. The van der Waals surface area contributed by atoms with Crippen LogP contribution in [-0.2, 0) is 4.74 Å². The van der Waals surface area contributed by atoms with E-state index in [1.165, 1.54) is 6.42 Å². The number of aliphatic hydroxyl groups is 1. The van der Waals surface area contributed by atoms with Gasteiger partial charge in [0.15, 0.2) is 17.5 Å². The monoisotopic (exact) mass is 540 g/mol. The zero-order chi connectivity index (χ0) is 25.6. The summed E-state index contributed by atoms with van der Waals surface area (Å²) < 4.78 is 46.0. The largest absolute Gasteiger partial charge is 0.395 e. The molecular formula is C26H28ClF3N2O3S. The highest BCUT2D eigenvalue weighted by atomic mass is 35.5. The van der Waals surface area contributed by atoms with Crippen LogP contribution in [0.3, 0.4) is 0 Å². The fourth-order valence-corrected chi connectivity index (χ4v) is 7.86. The molecule has 194 valence electrons. The van der Waals surface area contributed by atoms with Crippen molar-refractivity contribution >= 4 is 35.0 Å². The van der Waals surface area contributed by atoms with Crippen LogP contribution in [0.5, 0.6) is 0 Å². The van der Waals surface area contributed by atoms with Gasteiger partial charge in [0.2, 0.25) is 0 Å². The quantitative estimate of drug-likeness (QED) is 0.273. The van der Waals surface area contributed by atoms with Gasteiger partial charge in [-0.25, -0.2) is 13.2 Å². The Bertz CT molecular complexity index is 1150. The van der Waals surface area contributed by atoms with Gasteiger partial charge in [0.1, 0.15) is 0 Å². The number of amides is 1. The zero-order valence-corrected chi connectivity index (χ0v) is 21.3. The number of halogens is 4. The Balaban J connectivity index is 1.14. The average Bonchev–Trinajstić information content (AvgIpc) is 3.59. The number of hydrogen-bond donors (Lipinski definition) is 3. The number of nitrogens with one attached hydrogen (secondary N) is 2. The van der Waals surface area contributed by atoms with Gasteiger partial charge in [0, 0.05) is 46.1 Å². The van der Waals surface area contributed by atoms with E-state index in [0.29, 0.717) is 45.6 Å². The number of carbonyl (C=O) groups excluding carboxylic acids is 1. The first-order valence-electron chi connectivity index (χ1n) is 12.1. The van der Waals surface area contributed by atoms with Crippen molar-refractivity contribution in [2.45, 2.75) is 36.0 Å². The molecule has 3 aliphatic carbocycles. The first-order chi connectivity index (χ1) is 17.2. The molecule has 5 rings (SSSR count). The van der Waals surface area contributed by atoms with E-state index in [0.717, 1.165) is 36.6 Å². The second kappa shape index (κ2) is 10.2. The Hall–Kier alpha value is -1.78. The van der Waals surface area contributed by atoms with E-state index in [1.54, 1.807) is 30.0 Å². The lowest BCUT2D eigenvalue weighted by Gasteiger charge is -2.58. The molecule has 0 aliphatic heterocycles. The van der Waals surface area contributed by atoms with Crippen LogP contribution in [-0.4, -0.2) is 48.7 Å². The van der Waals surface area contributed by atoms with E-state index in [1.807, 2.05) is 6.92 Å². The smallest absolute Gasteiger partial charge is 0.255 e. The number of hydrogen-bond acceptors (Lipinski definition) is 5. The number of ether oxygens (including phenoxy) is 1. The van der Waals surface area contributed by atoms with Crippen molar-refractivity contribution in [1.29, 1.82) is 0 Å². The van der Waals surface area contributed by atoms with Gasteiger partial charge in [-0.15, -0.1) is 11.8 Å². The summed E-state index contributed by atoms with van der Waals surface area (Å²) in [6.45, 7) is 4.16. The Morgan fingerprint density at radius 1 is 1.25 bits per heavy atom. The molecule has 10 heteroatoms. The van der Waals surface area contributed by atoms with Crippen LogP contribution < -0.4 is 10.6 Å². The van der Waals surface area contributed by atoms with Gasteiger partial charge in [0.05, 0.1) is 24.8 Å². The minimum Gasteiger partial charge on any atom is -0.395 e. The summed E-state index contributed by atoms with van der Waals surface area (Å²) in [7, 11) is 0. The number of thioether (sulfide) groups is 1. The molecule has 0 heterocycles. The lowest BCUT2D eigenvalue weighted by atomic mass is 9.52. The van der Waals surface area contributed by atoms with E-state index in [9.17, 15) is 18.0 Å². The SMILES string of the molecule is CC(CO)NCCOCC1CC2C(Sc3cc(C(=O)Nc4cc(F)c(F)c(F)c4)ccc3Cl)C3CC123. The number of aliphatic hydroxyl groups excluding tert-OH is 1. The molecule has 6 unspecified atom stereocenters. The van der Waals surface area contributed by atoms with Gasteiger partial charge in [0.25, 0.3) is 5.91 Å². The number of benzene rings is 2. The third-order valence-corrected chi connectivity index (χ3v) is 9.88. The highest BCUT2D eigenvalue weighted by Gasteiger charge is 2.81. The average molecular weight is 541 g/mol. The van der Waals surface area contributed by atoms with E-state index in [2.05, 4.69) is 10.6 Å². The lowest BCUT2D eigenvalue weighted by molar-refractivity contribution is -0.0824. The summed E-state index contributed by atoms with van der Waals surface area (Å²) in [5.41, 5.74) is 0.544. The molecule has 36 heavy (non-hydrogen) atoms. The predicted molar refractivity (Wildman–Crippen MR) is 133 cm³/mol. The van der Waals surface area contributed by atoms with Crippen LogP contribution >= 0.6 is 23.4 Å². The minimum atomic E-state index is -1.58. The first-order valence-corrected chi connectivity index (χ1v) is 13.3. The molecule has 1 spiro atoms. The maximum absolute atomic E-state index is 13.5. The summed E-state index contributed by atoms with van der Waals surface area (Å²) in [6, 6.07) is 6.44. The topological polar surface area (TPSA) is 70.6 Å². The highest BCUT2D eigenvalue weighted by molar-refractivity contribution is 8.00. The van der Waals surface area contributed by atoms with Gasteiger partial charge >= 0.3 is 0 Å². The molecule has 3 saturated carbocycles. The van der Waals surface area contributed by atoms with E-state index in [4.69, 9.17) is 21.4 Å². The summed E-state index contributed by atoms with van der Waals surface area (Å²) in [6.07, 6.45) is 2.32. The molecule has 2 aromatic rings. The van der Waals surface area contributed by atoms with Crippen LogP contribution in [0.2, 0.25) is 5.02 Å². The van der Waals surface area contributed by atoms with E-state index >= 15 is 0 Å². The number of rotatable bonds is 11. The normalized spacial score (nSPS) is 28.4. The van der Waals surface area contributed by atoms with Crippen molar-refractivity contribution < 1.29 is 27.8 Å². The molecule has 3 N–H and O–H groups in total. The fourth-order valence-electron chi connectivity index (χ4n) is 5.90. The Labute approximate surface area is 217 Å². The van der Waals surface area contributed by atoms with Crippen LogP contribution in [0, 0.1) is 40.6 Å². The molecule has 0 radical (unpaired) electrons. The molecule has 0 saturated heterocycles. The van der Waals surface area contributed by atoms with Crippen LogP contribution in [0.15, 0.2) is 35.2 Å². The van der Waals surface area contributed by atoms with Crippen LogP contribution in [0.1, 0.15) is 30.1 Å². The zero-order valence-electron chi connectivity index (χ0n) is 19.7. The summed E-state index contributed by atoms with van der Waals surface area (Å²) in [4.78, 5) is 13.5. The Kier molecular flexibility index (Phi) is 7.31. The molecule has 1 amide bonds. The number of carbonyl (C=O) groups is 1. The third-order valence-electron chi connectivity index (χ3n) is 7.92. The van der Waals surface area contributed by atoms with Crippen molar-refractivity contribution in [2.24, 2.45) is 23.2 Å². The van der Waals surface area contributed by atoms with Crippen LogP contribution in [0.25, 0.3) is 0 Å². The summed E-state index contributed by atoms with van der Waals surface area (Å²) in [5.74, 6) is -3.04. The predicted octanol–water partition coefficient (Wildman–Crippen LogP) is 5.11. The Morgan fingerprint density at radius 3 is 2.69 bits per heavy atom. The molecular weight excluding hydrogens is 513 g/mol. The fraction of sp³-hybridized carbons (Fsp3) is 0.500. The van der Waals surface area contributed by atoms with Gasteiger partial charge in [-0.2, -0.15) is 0 Å². The molecule has 0 aromatic heterocycles. The van der Waals surface area contributed by atoms with E-state index in [-0.39, 0.29) is 18.3 Å². The van der Waals surface area contributed by atoms with Crippen LogP contribution in [0.4, 0.5) is 18.9 Å². The second-order valence-corrected chi connectivity index (χ2v) is 11.6. The van der Waals surface area contributed by atoms with Crippen molar-refractivity contribution in [2.75, 3.05) is 31.7 Å². The number of anilines is 1. The van der Waals surface area contributed by atoms with Gasteiger partial charge in [-0.3, -0.25) is 4.79 Å². The third kappa shape index (κ3) is 4.65. The molecule has 0 bridgehead atoms. The van der Waals surface area contributed by atoms with Crippen molar-refractivity contribution in [3.05, 3.63) is 58.4 Å². The summed E-state index contributed by atoms with van der Waals surface area (Å²) >= 11 is 8.12. The highest BCUT2D eigenvalue weighted by Crippen LogP contribution is 2.85. The minimum absolute atomic E-state index is 0.0720. The van der Waals surface area contributed by atoms with Gasteiger partial charge in [-0.05, 0) is 61.1 Å². The lowest BCUT2D eigenvalue weighted by Crippen LogP contribution is -2.56. The van der Waals surface area contributed by atoms with Crippen molar-refractivity contribution in [1.82, 2.24) is 5.32 Å². The van der Waals surface area contributed by atoms with Crippen molar-refractivity contribution in [3.8, 4) is 0 Å².